The molecule has 2 aromatic rings. The molecule has 1 aliphatic heterocycles. The smallest absolute Gasteiger partial charge is 0.211 e. The van der Waals surface area contributed by atoms with Crippen LogP contribution in [0.3, 0.4) is 0 Å². The number of benzene rings is 2. The summed E-state index contributed by atoms with van der Waals surface area (Å²) < 4.78 is 0. The Kier molecular flexibility index (Phi) is 4.06. The van der Waals surface area contributed by atoms with E-state index < -0.39 is 0 Å². The molecule has 0 radical (unpaired) electrons. The number of hydrogen-bond donors (Lipinski definition) is 2. The van der Waals surface area contributed by atoms with Crippen LogP contribution in [0.5, 0.6) is 0 Å². The van der Waals surface area contributed by atoms with Crippen molar-refractivity contribution in [2.24, 2.45) is 0 Å². The zero-order valence-corrected chi connectivity index (χ0v) is 16.0. The van der Waals surface area contributed by atoms with Crippen LogP contribution in [0.1, 0.15) is 58.2 Å². The lowest BCUT2D eigenvalue weighted by atomic mass is 9.77. The number of aliphatic hydroxyl groups excluding tert-OH is 1. The fraction of sp³-hybridized carbons (Fsp3) is 0.364. The summed E-state index contributed by atoms with van der Waals surface area (Å²) >= 11 is 0. The molecule has 0 unspecified atom stereocenters. The molecule has 132 valence electrons. The minimum Gasteiger partial charge on any atom is -0.493 e. The molecule has 2 N–H and O–H groups in total. The lowest BCUT2D eigenvalue weighted by molar-refractivity contribution is 0.400. The third-order valence-corrected chi connectivity index (χ3v) is 4.60. The van der Waals surface area contributed by atoms with Gasteiger partial charge in [0.1, 0.15) is 0 Å². The van der Waals surface area contributed by atoms with E-state index in [0.29, 0.717) is 0 Å². The molecule has 1 aliphatic rings. The highest BCUT2D eigenvalue weighted by Crippen LogP contribution is 2.40. The second-order valence-corrected chi connectivity index (χ2v) is 8.77. The lowest BCUT2D eigenvalue weighted by Gasteiger charge is -2.35. The van der Waals surface area contributed by atoms with Gasteiger partial charge in [-0.3, -0.25) is 5.43 Å². The lowest BCUT2D eigenvalue weighted by Crippen LogP contribution is -2.33. The van der Waals surface area contributed by atoms with Crippen LogP contribution in [0.25, 0.3) is 6.08 Å². The number of anilines is 2. The molecule has 0 saturated carbocycles. The van der Waals surface area contributed by atoms with Crippen LogP contribution in [-0.4, -0.2) is 5.11 Å². The SMILES string of the molecule is CC(C)(C)c1cc2c(c(C(C)(C)C)c1)C=C(O)N(c1ccccc1)N2. The molecule has 0 amide bonds. The van der Waals surface area contributed by atoms with Crippen LogP contribution in [0.15, 0.2) is 48.3 Å². The number of hydrogen-bond acceptors (Lipinski definition) is 3. The fourth-order valence-electron chi connectivity index (χ4n) is 3.10. The summed E-state index contributed by atoms with van der Waals surface area (Å²) in [5, 5.41) is 12.3. The number of nitrogens with zero attached hydrogens (tertiary/aromatic N) is 1. The molecule has 25 heavy (non-hydrogen) atoms. The van der Waals surface area contributed by atoms with E-state index in [2.05, 4.69) is 59.1 Å². The third-order valence-electron chi connectivity index (χ3n) is 4.60. The summed E-state index contributed by atoms with van der Waals surface area (Å²) in [6.07, 6.45) is 1.87. The van der Waals surface area contributed by atoms with Gasteiger partial charge in [-0.1, -0.05) is 65.8 Å². The second kappa shape index (κ2) is 5.83. The van der Waals surface area contributed by atoms with Gasteiger partial charge in [0.15, 0.2) is 0 Å². The zero-order valence-electron chi connectivity index (χ0n) is 16.0. The van der Waals surface area contributed by atoms with E-state index in [0.717, 1.165) is 16.9 Å². The van der Waals surface area contributed by atoms with Crippen LogP contribution in [0.4, 0.5) is 11.4 Å². The maximum absolute atomic E-state index is 10.6. The van der Waals surface area contributed by atoms with Crippen molar-refractivity contribution in [3.05, 3.63) is 65.0 Å². The Bertz CT molecular complexity index is 808. The van der Waals surface area contributed by atoms with Gasteiger partial charge in [0.2, 0.25) is 5.88 Å². The van der Waals surface area contributed by atoms with Crippen molar-refractivity contribution in [1.82, 2.24) is 0 Å². The van der Waals surface area contributed by atoms with Crippen LogP contribution in [-0.2, 0) is 10.8 Å². The van der Waals surface area contributed by atoms with Gasteiger partial charge in [-0.15, -0.1) is 0 Å². The van der Waals surface area contributed by atoms with Gasteiger partial charge in [0, 0.05) is 11.6 Å². The van der Waals surface area contributed by atoms with Gasteiger partial charge in [-0.25, -0.2) is 5.01 Å². The summed E-state index contributed by atoms with van der Waals surface area (Å²) in [4.78, 5) is 0. The van der Waals surface area contributed by atoms with E-state index in [1.54, 1.807) is 5.01 Å². The van der Waals surface area contributed by atoms with Gasteiger partial charge >= 0.3 is 0 Å². The minimum absolute atomic E-state index is 0.0152. The van der Waals surface area contributed by atoms with E-state index in [1.807, 2.05) is 36.4 Å². The quantitative estimate of drug-likeness (QED) is 0.672. The first kappa shape index (κ1) is 17.4. The van der Waals surface area contributed by atoms with E-state index in [-0.39, 0.29) is 16.7 Å². The van der Waals surface area contributed by atoms with Gasteiger partial charge in [-0.05, 0) is 40.2 Å². The highest BCUT2D eigenvalue weighted by atomic mass is 16.3. The maximum atomic E-state index is 10.6. The molecule has 0 aromatic heterocycles. The summed E-state index contributed by atoms with van der Waals surface area (Å²) in [5.41, 5.74) is 8.95. The molecule has 1 heterocycles. The van der Waals surface area contributed by atoms with Gasteiger partial charge in [0.05, 0.1) is 11.4 Å². The molecule has 3 rings (SSSR count). The molecule has 3 heteroatoms. The summed E-state index contributed by atoms with van der Waals surface area (Å²) in [6.45, 7) is 13.3. The van der Waals surface area contributed by atoms with Crippen molar-refractivity contribution < 1.29 is 5.11 Å². The summed E-state index contributed by atoms with van der Waals surface area (Å²) in [5.74, 6) is 0.202. The average molecular weight is 336 g/mol. The van der Waals surface area contributed by atoms with Crippen molar-refractivity contribution in [2.75, 3.05) is 10.4 Å². The molecule has 0 spiro atoms. The Morgan fingerprint density at radius 1 is 0.880 bits per heavy atom. The van der Waals surface area contributed by atoms with E-state index in [1.165, 1.54) is 11.1 Å². The zero-order chi connectivity index (χ0) is 18.4. The molecular formula is C22H28N2O. The van der Waals surface area contributed by atoms with Gasteiger partial charge < -0.3 is 5.11 Å². The number of nitrogens with one attached hydrogen (secondary N) is 1. The first-order valence-electron chi connectivity index (χ1n) is 8.79. The Morgan fingerprint density at radius 3 is 2.08 bits per heavy atom. The molecule has 0 aliphatic carbocycles. The standard InChI is InChI=1S/C22H28N2O/c1-21(2,3)15-12-18(22(4,5)6)17-14-20(25)24(23-19(17)13-15)16-10-8-7-9-11-16/h7-14,23,25H,1-6H3. The Balaban J connectivity index is 2.17. The normalized spacial score (nSPS) is 14.6. The Hall–Kier alpha value is -2.42. The molecule has 0 atom stereocenters. The largest absolute Gasteiger partial charge is 0.493 e. The minimum atomic E-state index is -0.0152. The fourth-order valence-corrected chi connectivity index (χ4v) is 3.10. The highest BCUT2D eigenvalue weighted by Gasteiger charge is 2.28. The monoisotopic (exact) mass is 336 g/mol. The topological polar surface area (TPSA) is 35.5 Å². The molecule has 0 fully saturated rings. The maximum Gasteiger partial charge on any atom is 0.211 e. The number of para-hydroxylation sites is 1. The number of fused-ring (bicyclic) bond motifs is 1. The summed E-state index contributed by atoms with van der Waals surface area (Å²) in [7, 11) is 0. The van der Waals surface area contributed by atoms with Crippen molar-refractivity contribution in [1.29, 1.82) is 0 Å². The van der Waals surface area contributed by atoms with Crippen LogP contribution < -0.4 is 10.4 Å². The molecule has 0 bridgehead atoms. The first-order valence-corrected chi connectivity index (χ1v) is 8.79. The molecular weight excluding hydrogens is 308 g/mol. The second-order valence-electron chi connectivity index (χ2n) is 8.77. The number of aliphatic hydroxyl groups is 1. The third kappa shape index (κ3) is 3.37. The Labute approximate surface area is 151 Å². The highest BCUT2D eigenvalue weighted by molar-refractivity contribution is 5.80. The van der Waals surface area contributed by atoms with Crippen LogP contribution >= 0.6 is 0 Å². The van der Waals surface area contributed by atoms with Crippen molar-refractivity contribution in [3.8, 4) is 0 Å². The van der Waals surface area contributed by atoms with Crippen molar-refractivity contribution in [3.63, 3.8) is 0 Å². The molecule has 3 nitrogen and oxygen atoms in total. The van der Waals surface area contributed by atoms with E-state index in [4.69, 9.17) is 0 Å². The molecule has 0 saturated heterocycles. The summed E-state index contributed by atoms with van der Waals surface area (Å²) in [6, 6.07) is 14.3. The number of hydrazine groups is 1. The van der Waals surface area contributed by atoms with Crippen LogP contribution in [0, 0.1) is 0 Å². The van der Waals surface area contributed by atoms with Crippen LogP contribution in [0.2, 0.25) is 0 Å². The first-order chi connectivity index (χ1) is 11.6. The average Bonchev–Trinajstić information content (AvgIpc) is 2.52. The van der Waals surface area contributed by atoms with Crippen molar-refractivity contribution in [2.45, 2.75) is 52.4 Å². The van der Waals surface area contributed by atoms with Gasteiger partial charge in [0.25, 0.3) is 0 Å². The van der Waals surface area contributed by atoms with E-state index >= 15 is 0 Å². The predicted octanol–water partition coefficient (Wildman–Crippen LogP) is 5.99. The molecule has 2 aromatic carbocycles. The predicted molar refractivity (Wildman–Crippen MR) is 107 cm³/mol. The Morgan fingerprint density at radius 2 is 1.52 bits per heavy atom. The van der Waals surface area contributed by atoms with Crippen molar-refractivity contribution >= 4 is 17.5 Å². The number of rotatable bonds is 1. The van der Waals surface area contributed by atoms with E-state index in [9.17, 15) is 5.11 Å². The van der Waals surface area contributed by atoms with Gasteiger partial charge in [-0.2, -0.15) is 0 Å².